The van der Waals surface area contributed by atoms with Gasteiger partial charge in [0, 0.05) is 11.6 Å². The predicted octanol–water partition coefficient (Wildman–Crippen LogP) is 2.47. The minimum Gasteiger partial charge on any atom is -0.486 e. The molecule has 1 amide bonds. The van der Waals surface area contributed by atoms with Crippen LogP contribution in [0.3, 0.4) is 0 Å². The monoisotopic (exact) mass is 313 g/mol. The highest BCUT2D eigenvalue weighted by Crippen LogP contribution is 2.20. The minimum absolute atomic E-state index is 0.0143. The summed E-state index contributed by atoms with van der Waals surface area (Å²) >= 11 is 0. The van der Waals surface area contributed by atoms with Gasteiger partial charge in [-0.3, -0.25) is 4.79 Å². The second-order valence-corrected chi connectivity index (χ2v) is 6.05. The van der Waals surface area contributed by atoms with Crippen LogP contribution in [0.5, 0.6) is 5.75 Å². The predicted molar refractivity (Wildman–Crippen MR) is 86.0 cm³/mol. The number of carbonyl (C=O) groups excluding carboxylic acids is 1. The van der Waals surface area contributed by atoms with Crippen molar-refractivity contribution in [2.24, 2.45) is 0 Å². The second kappa shape index (κ2) is 5.91. The molecule has 1 aliphatic rings. The quantitative estimate of drug-likeness (QED) is 0.873. The number of hydrogen-bond donors (Lipinski definition) is 0. The van der Waals surface area contributed by atoms with Gasteiger partial charge in [-0.15, -0.1) is 0 Å². The summed E-state index contributed by atoms with van der Waals surface area (Å²) in [7, 11) is 0. The molecular formula is C18H19NO4. The molecule has 0 aliphatic carbocycles. The standard InChI is InChI=1S/C18H19NO4/c1-11-4-12(2)6-14(5-11)18(21)19-9-16(10-19)23-15-7-13(3)22-17(20)8-15/h4-8,16H,9-10H2,1-3H3. The van der Waals surface area contributed by atoms with Crippen LogP contribution < -0.4 is 10.4 Å². The average molecular weight is 313 g/mol. The third kappa shape index (κ3) is 3.44. The summed E-state index contributed by atoms with van der Waals surface area (Å²) in [4.78, 5) is 25.5. The normalized spacial score (nSPS) is 14.5. The van der Waals surface area contributed by atoms with Crippen LogP contribution in [0.4, 0.5) is 0 Å². The number of likely N-dealkylation sites (tertiary alicyclic amines) is 1. The summed E-state index contributed by atoms with van der Waals surface area (Å²) in [6.07, 6.45) is -0.0916. The maximum Gasteiger partial charge on any atom is 0.339 e. The molecule has 2 aromatic rings. The van der Waals surface area contributed by atoms with E-state index in [0.29, 0.717) is 30.2 Å². The molecule has 1 saturated heterocycles. The number of nitrogens with zero attached hydrogens (tertiary/aromatic N) is 1. The van der Waals surface area contributed by atoms with Crippen LogP contribution in [0.2, 0.25) is 0 Å². The average Bonchev–Trinajstić information content (AvgIpc) is 2.39. The third-order valence-corrected chi connectivity index (χ3v) is 3.77. The molecule has 0 atom stereocenters. The van der Waals surface area contributed by atoms with Crippen LogP contribution in [0.25, 0.3) is 0 Å². The molecule has 5 heteroatoms. The Kier molecular flexibility index (Phi) is 3.94. The fraction of sp³-hybridized carbons (Fsp3) is 0.333. The maximum atomic E-state index is 12.4. The van der Waals surface area contributed by atoms with E-state index in [4.69, 9.17) is 9.15 Å². The Hall–Kier alpha value is -2.56. The van der Waals surface area contributed by atoms with E-state index in [1.165, 1.54) is 6.07 Å². The van der Waals surface area contributed by atoms with Gasteiger partial charge in [0.1, 0.15) is 17.6 Å². The zero-order valence-electron chi connectivity index (χ0n) is 13.5. The molecule has 0 unspecified atom stereocenters. The first kappa shape index (κ1) is 15.3. The van der Waals surface area contributed by atoms with Crippen molar-refractivity contribution in [3.05, 3.63) is 63.2 Å². The van der Waals surface area contributed by atoms with Gasteiger partial charge in [-0.25, -0.2) is 4.79 Å². The van der Waals surface area contributed by atoms with Crippen molar-refractivity contribution in [2.45, 2.75) is 26.9 Å². The molecule has 0 saturated carbocycles. The zero-order chi connectivity index (χ0) is 16.6. The second-order valence-electron chi connectivity index (χ2n) is 6.05. The van der Waals surface area contributed by atoms with Gasteiger partial charge in [0.05, 0.1) is 19.2 Å². The fourth-order valence-electron chi connectivity index (χ4n) is 2.80. The van der Waals surface area contributed by atoms with Gasteiger partial charge in [-0.1, -0.05) is 17.2 Å². The fourth-order valence-corrected chi connectivity index (χ4v) is 2.80. The number of rotatable bonds is 3. The first-order valence-corrected chi connectivity index (χ1v) is 7.57. The van der Waals surface area contributed by atoms with Gasteiger partial charge in [-0.2, -0.15) is 0 Å². The van der Waals surface area contributed by atoms with Crippen LogP contribution in [-0.4, -0.2) is 30.0 Å². The highest BCUT2D eigenvalue weighted by molar-refractivity contribution is 5.95. The first-order valence-electron chi connectivity index (χ1n) is 7.57. The largest absolute Gasteiger partial charge is 0.486 e. The molecule has 3 rings (SSSR count). The lowest BCUT2D eigenvalue weighted by atomic mass is 10.0. The van der Waals surface area contributed by atoms with Crippen molar-refractivity contribution in [1.82, 2.24) is 4.90 Å². The van der Waals surface area contributed by atoms with Gasteiger partial charge in [0.2, 0.25) is 0 Å². The van der Waals surface area contributed by atoms with Crippen LogP contribution >= 0.6 is 0 Å². The highest BCUT2D eigenvalue weighted by Gasteiger charge is 2.33. The van der Waals surface area contributed by atoms with Gasteiger partial charge in [0.25, 0.3) is 5.91 Å². The molecule has 120 valence electrons. The lowest BCUT2D eigenvalue weighted by Gasteiger charge is -2.39. The number of benzene rings is 1. The Morgan fingerprint density at radius 3 is 2.35 bits per heavy atom. The van der Waals surface area contributed by atoms with E-state index in [2.05, 4.69) is 0 Å². The first-order chi connectivity index (χ1) is 10.9. The minimum atomic E-state index is -0.428. The summed E-state index contributed by atoms with van der Waals surface area (Å²) < 4.78 is 10.6. The van der Waals surface area contributed by atoms with Gasteiger partial charge in [-0.05, 0) is 32.9 Å². The van der Waals surface area contributed by atoms with Crippen LogP contribution in [0.1, 0.15) is 27.2 Å². The molecule has 0 radical (unpaired) electrons. The summed E-state index contributed by atoms with van der Waals surface area (Å²) in [6.45, 7) is 6.70. The van der Waals surface area contributed by atoms with E-state index in [0.717, 1.165) is 11.1 Å². The SMILES string of the molecule is Cc1cc(C)cc(C(=O)N2CC(Oc3cc(C)oc(=O)c3)C2)c1. The number of amides is 1. The number of aryl methyl sites for hydroxylation is 3. The Bertz CT molecular complexity index is 783. The Balaban J connectivity index is 1.62. The number of ether oxygens (including phenoxy) is 1. The molecule has 5 nitrogen and oxygen atoms in total. The third-order valence-electron chi connectivity index (χ3n) is 3.77. The molecule has 1 fully saturated rings. The van der Waals surface area contributed by atoms with Crippen molar-refractivity contribution in [1.29, 1.82) is 0 Å². The van der Waals surface area contributed by atoms with Gasteiger partial charge >= 0.3 is 5.63 Å². The maximum absolute atomic E-state index is 12.4. The van der Waals surface area contributed by atoms with E-state index < -0.39 is 5.63 Å². The Labute approximate surface area is 134 Å². The topological polar surface area (TPSA) is 59.8 Å². The lowest BCUT2D eigenvalue weighted by Crippen LogP contribution is -2.56. The molecule has 23 heavy (non-hydrogen) atoms. The molecule has 0 bridgehead atoms. The molecule has 1 aromatic heterocycles. The van der Waals surface area contributed by atoms with E-state index >= 15 is 0 Å². The van der Waals surface area contributed by atoms with E-state index in [1.807, 2.05) is 32.0 Å². The zero-order valence-corrected chi connectivity index (χ0v) is 13.5. The molecule has 0 N–H and O–H groups in total. The van der Waals surface area contributed by atoms with Gasteiger partial charge < -0.3 is 14.1 Å². The van der Waals surface area contributed by atoms with Crippen LogP contribution in [0, 0.1) is 20.8 Å². The molecule has 0 spiro atoms. The highest BCUT2D eigenvalue weighted by atomic mass is 16.5. The summed E-state index contributed by atoms with van der Waals surface area (Å²) in [5.41, 5.74) is 2.43. The number of carbonyl (C=O) groups is 1. The van der Waals surface area contributed by atoms with Crippen molar-refractivity contribution >= 4 is 5.91 Å². The van der Waals surface area contributed by atoms with Crippen LogP contribution in [0.15, 0.2) is 39.5 Å². The molecule has 1 aliphatic heterocycles. The molecule has 1 aromatic carbocycles. The van der Waals surface area contributed by atoms with Crippen molar-refractivity contribution in [3.63, 3.8) is 0 Å². The van der Waals surface area contributed by atoms with Crippen molar-refractivity contribution in [3.8, 4) is 5.75 Å². The summed E-state index contributed by atoms with van der Waals surface area (Å²) in [6, 6.07) is 8.84. The number of hydrogen-bond acceptors (Lipinski definition) is 4. The van der Waals surface area contributed by atoms with Crippen molar-refractivity contribution in [2.75, 3.05) is 13.1 Å². The summed E-state index contributed by atoms with van der Waals surface area (Å²) in [5, 5.41) is 0. The Morgan fingerprint density at radius 1 is 1.09 bits per heavy atom. The van der Waals surface area contributed by atoms with Crippen LogP contribution in [-0.2, 0) is 0 Å². The van der Waals surface area contributed by atoms with Gasteiger partial charge in [0.15, 0.2) is 0 Å². The van der Waals surface area contributed by atoms with Crippen molar-refractivity contribution < 1.29 is 13.9 Å². The summed E-state index contributed by atoms with van der Waals surface area (Å²) in [5.74, 6) is 1.01. The van der Waals surface area contributed by atoms with E-state index in [1.54, 1.807) is 17.9 Å². The Morgan fingerprint density at radius 2 is 1.74 bits per heavy atom. The van der Waals surface area contributed by atoms with E-state index in [-0.39, 0.29) is 12.0 Å². The smallest absolute Gasteiger partial charge is 0.339 e. The molecule has 2 heterocycles. The lowest BCUT2D eigenvalue weighted by molar-refractivity contribution is 0.0175. The van der Waals surface area contributed by atoms with E-state index in [9.17, 15) is 9.59 Å². The molecular weight excluding hydrogens is 294 g/mol.